The Morgan fingerprint density at radius 2 is 1.83 bits per heavy atom. The average molecular weight is 432 g/mol. The van der Waals surface area contributed by atoms with Gasteiger partial charge in [0.1, 0.15) is 0 Å². The van der Waals surface area contributed by atoms with Crippen LogP contribution in [0.3, 0.4) is 0 Å². The van der Waals surface area contributed by atoms with E-state index in [9.17, 15) is 9.90 Å². The smallest absolute Gasteiger partial charge is 0.272 e. The van der Waals surface area contributed by atoms with Crippen LogP contribution in [-0.2, 0) is 6.42 Å². The second kappa shape index (κ2) is 9.44. The Hall–Kier alpha value is -2.34. The molecule has 1 heterocycles. The van der Waals surface area contributed by atoms with E-state index in [4.69, 9.17) is 23.2 Å². The molecule has 3 rings (SSSR count). The van der Waals surface area contributed by atoms with Gasteiger partial charge in [-0.05, 0) is 30.2 Å². The van der Waals surface area contributed by atoms with Crippen molar-refractivity contribution in [3.05, 3.63) is 69.8 Å². The molecule has 2 aromatic carbocycles. The molecule has 0 radical (unpaired) electrons. The molecule has 5 nitrogen and oxygen atoms in total. The monoisotopic (exact) mass is 431 g/mol. The van der Waals surface area contributed by atoms with Crippen LogP contribution in [0.5, 0.6) is 0 Å². The van der Waals surface area contributed by atoms with Crippen LogP contribution in [-0.4, -0.2) is 33.9 Å². The van der Waals surface area contributed by atoms with Gasteiger partial charge in [-0.25, -0.2) is 4.68 Å². The number of para-hydroxylation sites is 1. The highest BCUT2D eigenvalue weighted by atomic mass is 35.5. The third-order valence-electron chi connectivity index (χ3n) is 4.43. The molecule has 0 aliphatic carbocycles. The van der Waals surface area contributed by atoms with Gasteiger partial charge >= 0.3 is 0 Å². The van der Waals surface area contributed by atoms with Crippen molar-refractivity contribution in [1.82, 2.24) is 15.1 Å². The highest BCUT2D eigenvalue weighted by Gasteiger charge is 2.25. The van der Waals surface area contributed by atoms with Crippen molar-refractivity contribution >= 4 is 29.1 Å². The molecular formula is C22H23Cl2N3O2. The molecule has 0 aliphatic rings. The first-order valence-corrected chi connectivity index (χ1v) is 10.2. The second-order valence-corrected chi connectivity index (χ2v) is 7.97. The summed E-state index contributed by atoms with van der Waals surface area (Å²) >= 11 is 12.5. The lowest BCUT2D eigenvalue weighted by Crippen LogP contribution is -2.28. The zero-order valence-electron chi connectivity index (χ0n) is 16.3. The number of rotatable bonds is 7. The third kappa shape index (κ3) is 4.81. The van der Waals surface area contributed by atoms with E-state index in [0.717, 1.165) is 5.56 Å². The topological polar surface area (TPSA) is 67.2 Å². The first-order valence-electron chi connectivity index (χ1n) is 9.44. The van der Waals surface area contributed by atoms with Gasteiger partial charge in [0.05, 0.1) is 16.4 Å². The molecule has 0 saturated carbocycles. The molecule has 0 unspecified atom stereocenters. The molecule has 1 amide bonds. The SMILES string of the molecule is CC(C)CNC(=O)c1nn(-c2ccccc2Cl)c(-c2ccc(Cl)cc2)c1CCO. The summed E-state index contributed by atoms with van der Waals surface area (Å²) in [5, 5.41) is 18.3. The van der Waals surface area contributed by atoms with Crippen LogP contribution in [0.2, 0.25) is 10.0 Å². The van der Waals surface area contributed by atoms with Crippen molar-refractivity contribution < 1.29 is 9.90 Å². The Morgan fingerprint density at radius 1 is 1.14 bits per heavy atom. The highest BCUT2D eigenvalue weighted by Crippen LogP contribution is 2.33. The van der Waals surface area contributed by atoms with Crippen molar-refractivity contribution in [3.8, 4) is 16.9 Å². The first-order chi connectivity index (χ1) is 13.9. The normalized spacial score (nSPS) is 11.1. The predicted molar refractivity (Wildman–Crippen MR) is 117 cm³/mol. The van der Waals surface area contributed by atoms with E-state index in [1.807, 2.05) is 44.2 Å². The lowest BCUT2D eigenvalue weighted by molar-refractivity contribution is 0.0942. The van der Waals surface area contributed by atoms with Crippen molar-refractivity contribution in [2.75, 3.05) is 13.2 Å². The van der Waals surface area contributed by atoms with Crippen LogP contribution in [0.1, 0.15) is 29.9 Å². The Morgan fingerprint density at radius 3 is 2.45 bits per heavy atom. The number of aliphatic hydroxyl groups is 1. The van der Waals surface area contributed by atoms with E-state index in [1.165, 1.54) is 0 Å². The zero-order valence-corrected chi connectivity index (χ0v) is 17.8. The number of nitrogens with one attached hydrogen (secondary N) is 1. The Bertz CT molecular complexity index is 998. The molecule has 0 aliphatic heterocycles. The van der Waals surface area contributed by atoms with Crippen LogP contribution in [0, 0.1) is 5.92 Å². The molecule has 0 atom stereocenters. The number of aliphatic hydroxyl groups excluding tert-OH is 1. The van der Waals surface area contributed by atoms with Gasteiger partial charge in [-0.1, -0.05) is 61.3 Å². The van der Waals surface area contributed by atoms with Crippen LogP contribution in [0.15, 0.2) is 48.5 Å². The molecule has 1 aromatic heterocycles. The first kappa shape index (κ1) is 21.4. The van der Waals surface area contributed by atoms with Crippen molar-refractivity contribution in [3.63, 3.8) is 0 Å². The van der Waals surface area contributed by atoms with E-state index >= 15 is 0 Å². The van der Waals surface area contributed by atoms with E-state index in [-0.39, 0.29) is 24.6 Å². The number of carbonyl (C=O) groups is 1. The van der Waals surface area contributed by atoms with Gasteiger partial charge in [-0.3, -0.25) is 4.79 Å². The summed E-state index contributed by atoms with van der Waals surface area (Å²) in [6, 6.07) is 14.6. The number of halogens is 2. The third-order valence-corrected chi connectivity index (χ3v) is 5.00. The van der Waals surface area contributed by atoms with Crippen molar-refractivity contribution in [2.24, 2.45) is 5.92 Å². The number of nitrogens with zero attached hydrogens (tertiary/aromatic N) is 2. The summed E-state index contributed by atoms with van der Waals surface area (Å²) in [7, 11) is 0. The number of amides is 1. The molecule has 2 N–H and O–H groups in total. The summed E-state index contributed by atoms with van der Waals surface area (Å²) in [5.41, 5.74) is 3.13. The van der Waals surface area contributed by atoms with Gasteiger partial charge in [0.25, 0.3) is 5.91 Å². The predicted octanol–water partition coefficient (Wildman–Crippen LogP) is 4.77. The lowest BCUT2D eigenvalue weighted by Gasteiger charge is -2.11. The minimum atomic E-state index is -0.275. The molecule has 0 fully saturated rings. The maximum Gasteiger partial charge on any atom is 0.272 e. The summed E-state index contributed by atoms with van der Waals surface area (Å²) in [4.78, 5) is 12.9. The molecule has 7 heteroatoms. The van der Waals surface area contributed by atoms with E-state index in [2.05, 4.69) is 10.4 Å². The summed E-state index contributed by atoms with van der Waals surface area (Å²) in [5.74, 6) is 0.0322. The number of hydrogen-bond acceptors (Lipinski definition) is 3. The lowest BCUT2D eigenvalue weighted by atomic mass is 10.0. The summed E-state index contributed by atoms with van der Waals surface area (Å²) in [6.07, 6.45) is 0.285. The largest absolute Gasteiger partial charge is 0.396 e. The Balaban J connectivity index is 2.23. The van der Waals surface area contributed by atoms with E-state index < -0.39 is 0 Å². The van der Waals surface area contributed by atoms with Crippen LogP contribution in [0.4, 0.5) is 0 Å². The molecular weight excluding hydrogens is 409 g/mol. The van der Waals surface area contributed by atoms with Crippen molar-refractivity contribution in [1.29, 1.82) is 0 Å². The Kier molecular flexibility index (Phi) is 6.96. The second-order valence-electron chi connectivity index (χ2n) is 7.12. The fourth-order valence-corrected chi connectivity index (χ4v) is 3.41. The number of carbonyl (C=O) groups excluding carboxylic acids is 1. The Labute approximate surface area is 180 Å². The molecule has 0 bridgehead atoms. The van der Waals surface area contributed by atoms with Crippen molar-refractivity contribution in [2.45, 2.75) is 20.3 Å². The maximum atomic E-state index is 12.9. The number of hydrogen-bond donors (Lipinski definition) is 2. The van der Waals surface area contributed by atoms with Gasteiger partial charge in [0.15, 0.2) is 5.69 Å². The molecule has 29 heavy (non-hydrogen) atoms. The molecule has 0 saturated heterocycles. The zero-order chi connectivity index (χ0) is 21.0. The molecule has 3 aromatic rings. The van der Waals surface area contributed by atoms with Crippen LogP contribution < -0.4 is 5.32 Å². The quantitative estimate of drug-likeness (QED) is 0.566. The van der Waals surface area contributed by atoms with E-state index in [1.54, 1.807) is 22.9 Å². The average Bonchev–Trinajstić information content (AvgIpc) is 3.06. The van der Waals surface area contributed by atoms with Gasteiger partial charge in [0, 0.05) is 35.7 Å². The summed E-state index contributed by atoms with van der Waals surface area (Å²) < 4.78 is 1.67. The molecule has 0 spiro atoms. The molecule has 152 valence electrons. The van der Waals surface area contributed by atoms with Gasteiger partial charge < -0.3 is 10.4 Å². The number of aromatic nitrogens is 2. The minimum absolute atomic E-state index is 0.112. The van der Waals surface area contributed by atoms with Gasteiger partial charge in [-0.2, -0.15) is 5.10 Å². The highest BCUT2D eigenvalue weighted by molar-refractivity contribution is 6.32. The maximum absolute atomic E-state index is 12.9. The van der Waals surface area contributed by atoms with Gasteiger partial charge in [-0.15, -0.1) is 0 Å². The summed E-state index contributed by atoms with van der Waals surface area (Å²) in [6.45, 7) is 4.47. The minimum Gasteiger partial charge on any atom is -0.396 e. The van der Waals surface area contributed by atoms with Crippen LogP contribution >= 0.6 is 23.2 Å². The van der Waals surface area contributed by atoms with Gasteiger partial charge in [0.2, 0.25) is 0 Å². The van der Waals surface area contributed by atoms with E-state index in [0.29, 0.717) is 39.5 Å². The fourth-order valence-electron chi connectivity index (χ4n) is 3.06. The number of benzene rings is 2. The fraction of sp³-hybridized carbons (Fsp3) is 0.273. The van der Waals surface area contributed by atoms with Crippen LogP contribution in [0.25, 0.3) is 16.9 Å². The standard InChI is InChI=1S/C22H23Cl2N3O2/c1-14(2)13-25-22(29)20-17(11-12-28)21(15-7-9-16(23)10-8-15)27(26-20)19-6-4-3-5-18(19)24/h3-10,14,28H,11-13H2,1-2H3,(H,25,29).